The van der Waals surface area contributed by atoms with Crippen LogP contribution >= 0.6 is 0 Å². The van der Waals surface area contributed by atoms with Crippen LogP contribution in [0.4, 0.5) is 0 Å². The lowest BCUT2D eigenvalue weighted by molar-refractivity contribution is -0.142. The molecule has 24 heavy (non-hydrogen) atoms. The number of carboxylic acid groups (broad SMARTS) is 1. The molecule has 128 valence electrons. The van der Waals surface area contributed by atoms with E-state index in [1.54, 1.807) is 41.2 Å². The van der Waals surface area contributed by atoms with Crippen molar-refractivity contribution in [2.24, 2.45) is 11.8 Å². The van der Waals surface area contributed by atoms with Gasteiger partial charge in [0.25, 0.3) is 5.91 Å². The lowest BCUT2D eigenvalue weighted by Gasteiger charge is -2.35. The van der Waals surface area contributed by atoms with Gasteiger partial charge in [0.05, 0.1) is 18.9 Å². The Kier molecular flexibility index (Phi) is 4.42. The summed E-state index contributed by atoms with van der Waals surface area (Å²) in [4.78, 5) is 39.0. The summed E-state index contributed by atoms with van der Waals surface area (Å²) in [5.74, 6) is -1.29. The zero-order chi connectivity index (χ0) is 17.3. The first-order valence-corrected chi connectivity index (χ1v) is 7.96. The maximum atomic E-state index is 12.5. The fraction of sp³-hybridized carbons (Fsp3) is 0.471. The molecule has 7 nitrogen and oxygen atoms in total. The summed E-state index contributed by atoms with van der Waals surface area (Å²) in [6.45, 7) is 1.81. The van der Waals surface area contributed by atoms with Crippen LogP contribution in [0.3, 0.4) is 0 Å². The Morgan fingerprint density at radius 3 is 2.08 bits per heavy atom. The normalized spacial score (nSPS) is 22.9. The van der Waals surface area contributed by atoms with Gasteiger partial charge in [0.2, 0.25) is 5.91 Å². The number of methoxy groups -OCH3 is 1. The van der Waals surface area contributed by atoms with Crippen LogP contribution in [0.2, 0.25) is 0 Å². The van der Waals surface area contributed by atoms with Crippen molar-refractivity contribution in [3.8, 4) is 5.75 Å². The topological polar surface area (TPSA) is 87.2 Å². The van der Waals surface area contributed by atoms with Crippen LogP contribution in [0, 0.1) is 11.8 Å². The van der Waals surface area contributed by atoms with Crippen molar-refractivity contribution >= 4 is 17.8 Å². The number of piperazine rings is 1. The molecule has 1 aliphatic carbocycles. The average Bonchev–Trinajstić information content (AvgIpc) is 3.42. The molecule has 2 aliphatic rings. The minimum Gasteiger partial charge on any atom is -0.497 e. The number of hydrogen-bond acceptors (Lipinski definition) is 4. The zero-order valence-electron chi connectivity index (χ0n) is 13.5. The standard InChI is InChI=1S/C17H20N2O5/c1-24-12-4-2-11(3-5-12)15(20)18-6-8-19(9-7-18)16(21)13-10-14(13)17(22)23/h2-5,13-14H,6-10H2,1H3,(H,22,23). The molecular weight excluding hydrogens is 312 g/mol. The third-order valence-electron chi connectivity index (χ3n) is 4.64. The molecule has 1 aromatic carbocycles. The van der Waals surface area contributed by atoms with E-state index in [2.05, 4.69) is 0 Å². The van der Waals surface area contributed by atoms with Crippen LogP contribution in [-0.4, -0.2) is 66.0 Å². The minimum atomic E-state index is -0.901. The van der Waals surface area contributed by atoms with Gasteiger partial charge in [-0.3, -0.25) is 14.4 Å². The monoisotopic (exact) mass is 332 g/mol. The first-order chi connectivity index (χ1) is 11.5. The van der Waals surface area contributed by atoms with E-state index in [9.17, 15) is 14.4 Å². The molecule has 1 saturated heterocycles. The van der Waals surface area contributed by atoms with Gasteiger partial charge in [-0.2, -0.15) is 0 Å². The fourth-order valence-corrected chi connectivity index (χ4v) is 3.02. The molecule has 0 aromatic heterocycles. The van der Waals surface area contributed by atoms with Gasteiger partial charge in [0, 0.05) is 31.7 Å². The van der Waals surface area contributed by atoms with Crippen molar-refractivity contribution in [2.75, 3.05) is 33.3 Å². The van der Waals surface area contributed by atoms with E-state index in [0.717, 1.165) is 0 Å². The number of ether oxygens (including phenoxy) is 1. The summed E-state index contributed by atoms with van der Waals surface area (Å²) in [5, 5.41) is 8.92. The maximum absolute atomic E-state index is 12.5. The molecule has 0 bridgehead atoms. The molecule has 1 N–H and O–H groups in total. The molecule has 0 spiro atoms. The Hall–Kier alpha value is -2.57. The summed E-state index contributed by atoms with van der Waals surface area (Å²) >= 11 is 0. The highest BCUT2D eigenvalue weighted by Gasteiger charge is 2.50. The molecule has 1 aliphatic heterocycles. The number of amides is 2. The molecule has 3 rings (SSSR count). The predicted octanol–water partition coefficient (Wildman–Crippen LogP) is 0.700. The molecule has 2 atom stereocenters. The third kappa shape index (κ3) is 3.20. The van der Waals surface area contributed by atoms with Gasteiger partial charge in [-0.25, -0.2) is 0 Å². The van der Waals surface area contributed by atoms with Crippen LogP contribution in [0.1, 0.15) is 16.8 Å². The predicted molar refractivity (Wildman–Crippen MR) is 84.7 cm³/mol. The minimum absolute atomic E-state index is 0.0698. The highest BCUT2D eigenvalue weighted by atomic mass is 16.5. The number of benzene rings is 1. The van der Waals surface area contributed by atoms with E-state index in [1.165, 1.54) is 0 Å². The molecule has 7 heteroatoms. The number of nitrogens with zero attached hydrogens (tertiary/aromatic N) is 2. The van der Waals surface area contributed by atoms with Crippen LogP contribution in [-0.2, 0) is 9.59 Å². The van der Waals surface area contributed by atoms with Gasteiger partial charge in [0.1, 0.15) is 5.75 Å². The van der Waals surface area contributed by atoms with E-state index < -0.39 is 11.9 Å². The molecular formula is C17H20N2O5. The summed E-state index contributed by atoms with van der Waals surface area (Å²) in [6.07, 6.45) is 0.430. The second kappa shape index (κ2) is 6.51. The van der Waals surface area contributed by atoms with Gasteiger partial charge < -0.3 is 19.6 Å². The van der Waals surface area contributed by atoms with Gasteiger partial charge >= 0.3 is 5.97 Å². The number of carboxylic acids is 1. The maximum Gasteiger partial charge on any atom is 0.307 e. The molecule has 1 aromatic rings. The molecule has 1 heterocycles. The second-order valence-corrected chi connectivity index (χ2v) is 6.13. The third-order valence-corrected chi connectivity index (χ3v) is 4.64. The van der Waals surface area contributed by atoms with Crippen molar-refractivity contribution in [1.82, 2.24) is 9.80 Å². The highest BCUT2D eigenvalue weighted by Crippen LogP contribution is 2.40. The Morgan fingerprint density at radius 2 is 1.58 bits per heavy atom. The van der Waals surface area contributed by atoms with Gasteiger partial charge in [-0.1, -0.05) is 0 Å². The number of carbonyl (C=O) groups excluding carboxylic acids is 2. The lowest BCUT2D eigenvalue weighted by atomic mass is 10.1. The first-order valence-electron chi connectivity index (χ1n) is 7.96. The smallest absolute Gasteiger partial charge is 0.307 e. The Balaban J connectivity index is 1.54. The summed E-state index contributed by atoms with van der Waals surface area (Å²) < 4.78 is 5.08. The van der Waals surface area contributed by atoms with Crippen molar-refractivity contribution in [3.63, 3.8) is 0 Å². The number of rotatable bonds is 4. The molecule has 0 radical (unpaired) electrons. The van der Waals surface area contributed by atoms with Crippen LogP contribution < -0.4 is 4.74 Å². The largest absolute Gasteiger partial charge is 0.497 e. The average molecular weight is 332 g/mol. The van der Waals surface area contributed by atoms with Crippen molar-refractivity contribution in [3.05, 3.63) is 29.8 Å². The summed E-state index contributed by atoms with van der Waals surface area (Å²) in [5.41, 5.74) is 0.587. The van der Waals surface area contributed by atoms with Gasteiger partial charge in [0.15, 0.2) is 0 Å². The van der Waals surface area contributed by atoms with E-state index in [0.29, 0.717) is 43.9 Å². The Bertz CT molecular complexity index is 649. The van der Waals surface area contributed by atoms with E-state index in [-0.39, 0.29) is 17.7 Å². The van der Waals surface area contributed by atoms with E-state index in [4.69, 9.17) is 9.84 Å². The Labute approximate surface area is 139 Å². The van der Waals surface area contributed by atoms with E-state index >= 15 is 0 Å². The van der Waals surface area contributed by atoms with Crippen LogP contribution in [0.25, 0.3) is 0 Å². The quantitative estimate of drug-likeness (QED) is 0.877. The second-order valence-electron chi connectivity index (χ2n) is 6.13. The molecule has 2 unspecified atom stereocenters. The Morgan fingerprint density at radius 1 is 1.00 bits per heavy atom. The zero-order valence-corrected chi connectivity index (χ0v) is 13.5. The summed E-state index contributed by atoms with van der Waals surface area (Å²) in [6, 6.07) is 6.93. The van der Waals surface area contributed by atoms with Crippen LogP contribution in [0.5, 0.6) is 5.75 Å². The molecule has 2 fully saturated rings. The van der Waals surface area contributed by atoms with Crippen molar-refractivity contribution in [1.29, 1.82) is 0 Å². The highest BCUT2D eigenvalue weighted by molar-refractivity contribution is 5.94. The van der Waals surface area contributed by atoms with Crippen LogP contribution in [0.15, 0.2) is 24.3 Å². The van der Waals surface area contributed by atoms with Crippen molar-refractivity contribution in [2.45, 2.75) is 6.42 Å². The number of hydrogen-bond donors (Lipinski definition) is 1. The summed E-state index contributed by atoms with van der Waals surface area (Å²) in [7, 11) is 1.57. The van der Waals surface area contributed by atoms with Gasteiger partial charge in [-0.05, 0) is 30.7 Å². The lowest BCUT2D eigenvalue weighted by Crippen LogP contribution is -2.51. The number of aliphatic carboxylic acids is 1. The van der Waals surface area contributed by atoms with Gasteiger partial charge in [-0.15, -0.1) is 0 Å². The van der Waals surface area contributed by atoms with E-state index in [1.807, 2.05) is 0 Å². The number of carbonyl (C=O) groups is 3. The first kappa shape index (κ1) is 16.3. The SMILES string of the molecule is COc1ccc(C(=O)N2CCN(C(=O)C3CC3C(=O)O)CC2)cc1. The molecule has 2 amide bonds. The fourth-order valence-electron chi connectivity index (χ4n) is 3.02. The van der Waals surface area contributed by atoms with Crippen molar-refractivity contribution < 1.29 is 24.2 Å². The molecule has 1 saturated carbocycles.